The molecule has 0 radical (unpaired) electrons. The number of rotatable bonds is 4. The van der Waals surface area contributed by atoms with Gasteiger partial charge >= 0.3 is 0 Å². The van der Waals surface area contributed by atoms with Crippen LogP contribution in [0.4, 0.5) is 0 Å². The molecule has 2 rings (SSSR count). The number of benzene rings is 2. The van der Waals surface area contributed by atoms with E-state index in [9.17, 15) is 9.59 Å². The lowest BCUT2D eigenvalue weighted by atomic mass is 9.86. The maximum Gasteiger partial charge on any atom is 0.276 e. The Morgan fingerprint density at radius 3 is 2.23 bits per heavy atom. The molecule has 2 amide bonds. The molecule has 0 aromatic heterocycles. The zero-order valence-corrected chi connectivity index (χ0v) is 20.1. The quantitative estimate of drug-likeness (QED) is 0.443. The Kier molecular flexibility index (Phi) is 7.97. The minimum Gasteiger partial charge on any atom is -0.484 e. The Bertz CT molecular complexity index is 950. The maximum absolute atomic E-state index is 12.4. The Morgan fingerprint density at radius 2 is 1.67 bits per heavy atom. The van der Waals surface area contributed by atoms with Crippen LogP contribution in [0.2, 0.25) is 0 Å². The fraction of sp³-hybridized carbons (Fsp3) is 0.318. The van der Waals surface area contributed by atoms with Crippen molar-refractivity contribution >= 4 is 45.1 Å². The molecule has 0 aliphatic heterocycles. The van der Waals surface area contributed by atoms with Gasteiger partial charge in [-0.15, -0.1) is 0 Å². The minimum absolute atomic E-state index is 0.0178. The van der Waals surface area contributed by atoms with Crippen LogP contribution in [0.1, 0.15) is 47.8 Å². The molecule has 8 heteroatoms. The highest BCUT2D eigenvalue weighted by atomic mass is 79.9. The Labute approximate surface area is 190 Å². The van der Waals surface area contributed by atoms with Crippen molar-refractivity contribution in [1.82, 2.24) is 16.2 Å². The predicted molar refractivity (Wildman–Crippen MR) is 126 cm³/mol. The second kappa shape index (κ2) is 10.0. The van der Waals surface area contributed by atoms with Gasteiger partial charge in [0, 0.05) is 10.0 Å². The summed E-state index contributed by atoms with van der Waals surface area (Å²) in [6.07, 6.45) is 0. The molecule has 0 saturated carbocycles. The zero-order chi connectivity index (χ0) is 22.5. The highest BCUT2D eigenvalue weighted by Crippen LogP contribution is 2.30. The van der Waals surface area contributed by atoms with E-state index >= 15 is 0 Å². The summed E-state index contributed by atoms with van der Waals surface area (Å²) in [5, 5.41) is 2.51. The van der Waals surface area contributed by atoms with Gasteiger partial charge in [-0.1, -0.05) is 48.8 Å². The number of hydrogen-bond acceptors (Lipinski definition) is 4. The standard InChI is InChI=1S/C22H26BrN3O3S/c1-13-8-14(2)10-16(9-13)29-12-19(27)25-26-21(30)24-20(28)15-6-7-17(18(23)11-15)22(3,4)5/h6-11H,12H2,1-5H3,(H,25,27)(H2,24,26,28,30). The molecule has 3 N–H and O–H groups in total. The molecule has 0 heterocycles. The molecule has 0 aliphatic carbocycles. The summed E-state index contributed by atoms with van der Waals surface area (Å²) in [5.41, 5.74) is 8.50. The maximum atomic E-state index is 12.4. The van der Waals surface area contributed by atoms with Crippen molar-refractivity contribution < 1.29 is 14.3 Å². The van der Waals surface area contributed by atoms with Gasteiger partial charge in [-0.3, -0.25) is 25.8 Å². The van der Waals surface area contributed by atoms with Crippen LogP contribution in [0.3, 0.4) is 0 Å². The summed E-state index contributed by atoms with van der Waals surface area (Å²) >= 11 is 8.58. The molecule has 160 valence electrons. The van der Waals surface area contributed by atoms with Gasteiger partial charge in [-0.05, 0) is 72.4 Å². The minimum atomic E-state index is -0.428. The molecular weight excluding hydrogens is 466 g/mol. The molecule has 0 fully saturated rings. The number of ether oxygens (including phenoxy) is 1. The molecular formula is C22H26BrN3O3S. The van der Waals surface area contributed by atoms with Crippen LogP contribution in [-0.2, 0) is 10.2 Å². The van der Waals surface area contributed by atoms with E-state index in [4.69, 9.17) is 17.0 Å². The molecule has 0 atom stereocenters. The third-order valence-corrected chi connectivity index (χ3v) is 5.01. The van der Waals surface area contributed by atoms with E-state index < -0.39 is 5.91 Å². The summed E-state index contributed by atoms with van der Waals surface area (Å²) in [7, 11) is 0. The molecule has 0 aliphatic rings. The van der Waals surface area contributed by atoms with Crippen LogP contribution >= 0.6 is 28.1 Å². The second-order valence-corrected chi connectivity index (χ2v) is 9.28. The van der Waals surface area contributed by atoms with Gasteiger partial charge in [-0.2, -0.15) is 0 Å². The van der Waals surface area contributed by atoms with Crippen molar-refractivity contribution in [3.63, 3.8) is 0 Å². The van der Waals surface area contributed by atoms with Crippen molar-refractivity contribution in [2.24, 2.45) is 0 Å². The fourth-order valence-corrected chi connectivity index (χ4v) is 3.92. The van der Waals surface area contributed by atoms with Crippen LogP contribution in [0.5, 0.6) is 5.75 Å². The van der Waals surface area contributed by atoms with E-state index in [1.54, 1.807) is 12.1 Å². The van der Waals surface area contributed by atoms with E-state index in [0.717, 1.165) is 21.2 Å². The molecule has 6 nitrogen and oxygen atoms in total. The van der Waals surface area contributed by atoms with E-state index in [2.05, 4.69) is 52.9 Å². The largest absolute Gasteiger partial charge is 0.484 e. The molecule has 2 aromatic rings. The first-order chi connectivity index (χ1) is 14.0. The predicted octanol–water partition coefficient (Wildman–Crippen LogP) is 4.08. The monoisotopic (exact) mass is 491 g/mol. The lowest BCUT2D eigenvalue weighted by Crippen LogP contribution is -2.49. The molecule has 30 heavy (non-hydrogen) atoms. The van der Waals surface area contributed by atoms with Gasteiger partial charge in [0.05, 0.1) is 0 Å². The Balaban J connectivity index is 1.83. The summed E-state index contributed by atoms with van der Waals surface area (Å²) < 4.78 is 6.32. The number of nitrogens with one attached hydrogen (secondary N) is 3. The first-order valence-electron chi connectivity index (χ1n) is 9.37. The highest BCUT2D eigenvalue weighted by molar-refractivity contribution is 9.10. The average Bonchev–Trinajstić information content (AvgIpc) is 2.62. The first-order valence-corrected chi connectivity index (χ1v) is 10.6. The number of aryl methyl sites for hydroxylation is 2. The molecule has 0 spiro atoms. The zero-order valence-electron chi connectivity index (χ0n) is 17.7. The van der Waals surface area contributed by atoms with Crippen LogP contribution in [-0.4, -0.2) is 23.5 Å². The van der Waals surface area contributed by atoms with Crippen molar-refractivity contribution in [1.29, 1.82) is 0 Å². The lowest BCUT2D eigenvalue weighted by molar-refractivity contribution is -0.123. The van der Waals surface area contributed by atoms with Gasteiger partial charge in [-0.25, -0.2) is 0 Å². The van der Waals surface area contributed by atoms with Gasteiger partial charge in [0.25, 0.3) is 11.8 Å². The Hall–Kier alpha value is -2.45. The summed E-state index contributed by atoms with van der Waals surface area (Å²) in [6, 6.07) is 11.1. The number of carbonyl (C=O) groups is 2. The Morgan fingerprint density at radius 1 is 1.03 bits per heavy atom. The van der Waals surface area contributed by atoms with Crippen molar-refractivity contribution in [2.75, 3.05) is 6.61 Å². The van der Waals surface area contributed by atoms with E-state index in [-0.39, 0.29) is 23.0 Å². The fourth-order valence-electron chi connectivity index (χ4n) is 2.80. The highest BCUT2D eigenvalue weighted by Gasteiger charge is 2.18. The van der Waals surface area contributed by atoms with Crippen LogP contribution < -0.4 is 20.9 Å². The number of amides is 2. The third-order valence-electron chi connectivity index (χ3n) is 4.15. The van der Waals surface area contributed by atoms with Crippen molar-refractivity contribution in [2.45, 2.75) is 40.0 Å². The summed E-state index contributed by atoms with van der Waals surface area (Å²) in [6.45, 7) is 10.0. The smallest absolute Gasteiger partial charge is 0.276 e. The van der Waals surface area contributed by atoms with E-state index in [0.29, 0.717) is 11.3 Å². The van der Waals surface area contributed by atoms with Gasteiger partial charge < -0.3 is 4.74 Å². The van der Waals surface area contributed by atoms with E-state index in [1.807, 2.05) is 38.1 Å². The van der Waals surface area contributed by atoms with Crippen molar-refractivity contribution in [3.05, 3.63) is 63.1 Å². The number of halogens is 1. The molecule has 0 saturated heterocycles. The second-order valence-electron chi connectivity index (χ2n) is 8.01. The van der Waals surface area contributed by atoms with Gasteiger partial charge in [0.1, 0.15) is 5.75 Å². The SMILES string of the molecule is Cc1cc(C)cc(OCC(=O)NNC(=S)NC(=O)c2ccc(C(C)(C)C)c(Br)c2)c1. The average molecular weight is 492 g/mol. The van der Waals surface area contributed by atoms with Crippen LogP contribution in [0.25, 0.3) is 0 Å². The molecule has 0 unspecified atom stereocenters. The number of thiocarbonyl (C=S) groups is 1. The molecule has 2 aromatic carbocycles. The normalized spacial score (nSPS) is 10.9. The summed E-state index contributed by atoms with van der Waals surface area (Å²) in [4.78, 5) is 24.3. The van der Waals surface area contributed by atoms with Crippen LogP contribution in [0, 0.1) is 13.8 Å². The van der Waals surface area contributed by atoms with Gasteiger partial charge in [0.2, 0.25) is 0 Å². The topological polar surface area (TPSA) is 79.5 Å². The lowest BCUT2D eigenvalue weighted by Gasteiger charge is -2.21. The summed E-state index contributed by atoms with van der Waals surface area (Å²) in [5.74, 6) is -0.194. The van der Waals surface area contributed by atoms with E-state index in [1.165, 1.54) is 0 Å². The third kappa shape index (κ3) is 7.11. The number of hydrazine groups is 1. The first kappa shape index (κ1) is 23.8. The molecule has 0 bridgehead atoms. The van der Waals surface area contributed by atoms with Crippen LogP contribution in [0.15, 0.2) is 40.9 Å². The van der Waals surface area contributed by atoms with Gasteiger partial charge in [0.15, 0.2) is 11.7 Å². The van der Waals surface area contributed by atoms with Crippen molar-refractivity contribution in [3.8, 4) is 5.75 Å². The number of carbonyl (C=O) groups excluding carboxylic acids is 2. The number of hydrogen-bond donors (Lipinski definition) is 3.